The summed E-state index contributed by atoms with van der Waals surface area (Å²) in [6, 6.07) is 10.4. The summed E-state index contributed by atoms with van der Waals surface area (Å²) in [7, 11) is 1.30. The number of nitrogens with one attached hydrogen (secondary N) is 1. The molecule has 7 heteroatoms. The Morgan fingerprint density at radius 2 is 2.15 bits per heavy atom. The van der Waals surface area contributed by atoms with Gasteiger partial charge in [-0.05, 0) is 47.5 Å². The maximum absolute atomic E-state index is 12.3. The number of carbonyl (C=O) groups excluding carboxylic acids is 1. The zero-order valence-corrected chi connectivity index (χ0v) is 15.2. The molecule has 2 aromatic carbocycles. The van der Waals surface area contributed by atoms with Crippen molar-refractivity contribution in [2.24, 2.45) is 0 Å². The van der Waals surface area contributed by atoms with E-state index in [2.05, 4.69) is 9.97 Å². The Morgan fingerprint density at radius 3 is 2.96 bits per heavy atom. The molecular formula is C20H15ClN2O4. The molecule has 1 aliphatic heterocycles. The molecule has 4 rings (SSSR count). The van der Waals surface area contributed by atoms with E-state index in [0.717, 1.165) is 23.3 Å². The van der Waals surface area contributed by atoms with Crippen LogP contribution < -0.4 is 10.3 Å². The number of carbonyl (C=O) groups is 1. The van der Waals surface area contributed by atoms with Gasteiger partial charge in [-0.3, -0.25) is 4.79 Å². The zero-order chi connectivity index (χ0) is 19.0. The van der Waals surface area contributed by atoms with Gasteiger partial charge >= 0.3 is 5.97 Å². The van der Waals surface area contributed by atoms with Crippen LogP contribution in [0.2, 0.25) is 0 Å². The van der Waals surface area contributed by atoms with Gasteiger partial charge < -0.3 is 14.5 Å². The maximum Gasteiger partial charge on any atom is 0.337 e. The lowest BCUT2D eigenvalue weighted by molar-refractivity contribution is 0.0601. The summed E-state index contributed by atoms with van der Waals surface area (Å²) in [5.74, 6) is 0.617. The van der Waals surface area contributed by atoms with E-state index < -0.39 is 5.97 Å². The lowest BCUT2D eigenvalue weighted by Crippen LogP contribution is -2.11. The SMILES string of the molecule is COC(=O)c1ccc2c(=O)[nH]c(C(Cl)=Cc3ccc4c(c3)CCO4)nc2c1. The van der Waals surface area contributed by atoms with E-state index in [1.807, 2.05) is 18.2 Å². The molecule has 0 unspecified atom stereocenters. The molecule has 0 saturated heterocycles. The van der Waals surface area contributed by atoms with Gasteiger partial charge in [0.05, 0.1) is 35.2 Å². The van der Waals surface area contributed by atoms with Crippen molar-refractivity contribution in [3.63, 3.8) is 0 Å². The molecule has 1 N–H and O–H groups in total. The largest absolute Gasteiger partial charge is 0.493 e. The smallest absolute Gasteiger partial charge is 0.337 e. The first-order valence-electron chi connectivity index (χ1n) is 8.31. The Morgan fingerprint density at radius 1 is 1.30 bits per heavy atom. The minimum atomic E-state index is -0.498. The van der Waals surface area contributed by atoms with Crippen LogP contribution in [0.1, 0.15) is 27.3 Å². The molecule has 0 saturated carbocycles. The summed E-state index contributed by atoms with van der Waals surface area (Å²) in [4.78, 5) is 31.1. The summed E-state index contributed by atoms with van der Waals surface area (Å²) in [5.41, 5.74) is 2.35. The highest BCUT2D eigenvalue weighted by molar-refractivity contribution is 6.50. The number of nitrogens with zero attached hydrogens (tertiary/aromatic N) is 1. The van der Waals surface area contributed by atoms with Gasteiger partial charge in [0.15, 0.2) is 5.82 Å². The first kappa shape index (κ1) is 17.3. The molecule has 2 heterocycles. The van der Waals surface area contributed by atoms with Crippen molar-refractivity contribution in [1.29, 1.82) is 0 Å². The number of aromatic amines is 1. The molecule has 0 radical (unpaired) electrons. The van der Waals surface area contributed by atoms with Crippen LogP contribution in [-0.4, -0.2) is 29.7 Å². The van der Waals surface area contributed by atoms with Crippen LogP contribution in [0.15, 0.2) is 41.2 Å². The number of methoxy groups -OCH3 is 1. The maximum atomic E-state index is 12.3. The van der Waals surface area contributed by atoms with Crippen LogP contribution in [-0.2, 0) is 11.2 Å². The summed E-state index contributed by atoms with van der Waals surface area (Å²) in [6.07, 6.45) is 2.59. The van der Waals surface area contributed by atoms with Crippen molar-refractivity contribution < 1.29 is 14.3 Å². The highest BCUT2D eigenvalue weighted by Crippen LogP contribution is 2.28. The third-order valence-corrected chi connectivity index (χ3v) is 4.65. The highest BCUT2D eigenvalue weighted by Gasteiger charge is 2.13. The van der Waals surface area contributed by atoms with Crippen LogP contribution in [0.3, 0.4) is 0 Å². The molecule has 0 bridgehead atoms. The van der Waals surface area contributed by atoms with Crippen molar-refractivity contribution in [2.75, 3.05) is 13.7 Å². The van der Waals surface area contributed by atoms with E-state index in [4.69, 9.17) is 21.1 Å². The molecule has 0 atom stereocenters. The van der Waals surface area contributed by atoms with Crippen molar-refractivity contribution in [3.05, 3.63) is 69.3 Å². The fourth-order valence-corrected chi connectivity index (χ4v) is 3.22. The van der Waals surface area contributed by atoms with Gasteiger partial charge in [0.1, 0.15) is 5.75 Å². The number of ether oxygens (including phenoxy) is 2. The van der Waals surface area contributed by atoms with E-state index in [1.165, 1.54) is 25.3 Å². The Kier molecular flexibility index (Phi) is 4.41. The van der Waals surface area contributed by atoms with Crippen molar-refractivity contribution in [2.45, 2.75) is 6.42 Å². The average molecular weight is 383 g/mol. The summed E-state index contributed by atoms with van der Waals surface area (Å²) >= 11 is 6.40. The molecule has 1 aromatic heterocycles. The molecule has 136 valence electrons. The van der Waals surface area contributed by atoms with Gasteiger partial charge in [0, 0.05) is 6.42 Å². The second kappa shape index (κ2) is 6.89. The van der Waals surface area contributed by atoms with E-state index in [1.54, 1.807) is 6.08 Å². The molecule has 0 fully saturated rings. The molecular weight excluding hydrogens is 368 g/mol. The zero-order valence-electron chi connectivity index (χ0n) is 14.4. The van der Waals surface area contributed by atoms with Crippen molar-refractivity contribution >= 4 is 39.6 Å². The lowest BCUT2D eigenvalue weighted by atomic mass is 10.1. The fraction of sp³-hybridized carbons (Fsp3) is 0.150. The van der Waals surface area contributed by atoms with Crippen LogP contribution in [0, 0.1) is 0 Å². The fourth-order valence-electron chi connectivity index (χ4n) is 3.01. The van der Waals surface area contributed by atoms with Gasteiger partial charge in [-0.15, -0.1) is 0 Å². The minimum Gasteiger partial charge on any atom is -0.493 e. The predicted molar refractivity (Wildman–Crippen MR) is 103 cm³/mol. The Balaban J connectivity index is 1.76. The molecule has 1 aliphatic rings. The number of hydrogen-bond acceptors (Lipinski definition) is 5. The van der Waals surface area contributed by atoms with Gasteiger partial charge in [-0.2, -0.15) is 0 Å². The second-order valence-corrected chi connectivity index (χ2v) is 6.50. The number of aromatic nitrogens is 2. The van der Waals surface area contributed by atoms with Gasteiger partial charge in [-0.1, -0.05) is 17.7 Å². The third-order valence-electron chi connectivity index (χ3n) is 4.36. The Labute approximate surface area is 159 Å². The highest BCUT2D eigenvalue weighted by atomic mass is 35.5. The quantitative estimate of drug-likeness (QED) is 0.702. The number of benzene rings is 2. The molecule has 0 amide bonds. The van der Waals surface area contributed by atoms with Crippen molar-refractivity contribution in [1.82, 2.24) is 9.97 Å². The first-order valence-corrected chi connectivity index (χ1v) is 8.68. The Bertz CT molecular complexity index is 1150. The number of H-pyrrole nitrogens is 1. The third kappa shape index (κ3) is 3.31. The van der Waals surface area contributed by atoms with E-state index in [9.17, 15) is 9.59 Å². The number of hydrogen-bond donors (Lipinski definition) is 1. The van der Waals surface area contributed by atoms with E-state index in [0.29, 0.717) is 23.1 Å². The van der Waals surface area contributed by atoms with Crippen LogP contribution in [0.4, 0.5) is 0 Å². The van der Waals surface area contributed by atoms with Crippen LogP contribution in [0.25, 0.3) is 22.0 Å². The molecule has 6 nitrogen and oxygen atoms in total. The predicted octanol–water partition coefficient (Wildman–Crippen LogP) is 3.38. The van der Waals surface area contributed by atoms with Gasteiger partial charge in [-0.25, -0.2) is 9.78 Å². The molecule has 0 aliphatic carbocycles. The number of fused-ring (bicyclic) bond motifs is 2. The van der Waals surface area contributed by atoms with Crippen LogP contribution >= 0.6 is 11.6 Å². The number of halogens is 1. The van der Waals surface area contributed by atoms with Crippen molar-refractivity contribution in [3.8, 4) is 5.75 Å². The minimum absolute atomic E-state index is 0.230. The van der Waals surface area contributed by atoms with Crippen LogP contribution in [0.5, 0.6) is 5.75 Å². The topological polar surface area (TPSA) is 81.3 Å². The summed E-state index contributed by atoms with van der Waals surface area (Å²) in [6.45, 7) is 0.679. The summed E-state index contributed by atoms with van der Waals surface area (Å²) in [5, 5.41) is 0.655. The van der Waals surface area contributed by atoms with Gasteiger partial charge in [0.25, 0.3) is 5.56 Å². The average Bonchev–Trinajstić information content (AvgIpc) is 3.14. The molecule has 27 heavy (non-hydrogen) atoms. The molecule has 3 aromatic rings. The molecule has 0 spiro atoms. The Hall–Kier alpha value is -3.12. The summed E-state index contributed by atoms with van der Waals surface area (Å²) < 4.78 is 10.2. The first-order chi connectivity index (χ1) is 13.0. The number of rotatable bonds is 3. The lowest BCUT2D eigenvalue weighted by Gasteiger charge is -2.05. The second-order valence-electron chi connectivity index (χ2n) is 6.10. The van der Waals surface area contributed by atoms with Gasteiger partial charge in [0.2, 0.25) is 0 Å². The van der Waals surface area contributed by atoms with E-state index >= 15 is 0 Å². The number of esters is 1. The standard InChI is InChI=1S/C20H15ClN2O4/c1-26-20(25)13-3-4-14-16(10-13)22-18(23-19(14)24)15(21)9-11-2-5-17-12(8-11)6-7-27-17/h2-5,8-10H,6-7H2,1H3,(H,22,23,24). The monoisotopic (exact) mass is 382 g/mol. The normalized spacial score (nSPS) is 13.3. The van der Waals surface area contributed by atoms with E-state index in [-0.39, 0.29) is 16.4 Å².